The van der Waals surface area contributed by atoms with E-state index in [-0.39, 0.29) is 22.3 Å². The van der Waals surface area contributed by atoms with Crippen LogP contribution in [-0.2, 0) is 6.18 Å². The average Bonchev–Trinajstić information content (AvgIpc) is 2.68. The number of fused-ring (bicyclic) bond motifs is 1. The van der Waals surface area contributed by atoms with E-state index in [0.29, 0.717) is 16.5 Å². The van der Waals surface area contributed by atoms with Crippen LogP contribution >= 0.6 is 0 Å². The number of benzene rings is 3. The molecule has 2 nitrogen and oxygen atoms in total. The summed E-state index contributed by atoms with van der Waals surface area (Å²) in [4.78, 5) is 13.1. The fourth-order valence-corrected chi connectivity index (χ4v) is 3.05. The minimum Gasteiger partial charge on any atom is -0.455 e. The van der Waals surface area contributed by atoms with Crippen LogP contribution in [0.4, 0.5) is 13.2 Å². The highest BCUT2D eigenvalue weighted by Crippen LogP contribution is 2.36. The van der Waals surface area contributed by atoms with Crippen molar-refractivity contribution in [3.63, 3.8) is 0 Å². The summed E-state index contributed by atoms with van der Waals surface area (Å²) in [5, 5.41) is 0.324. The molecule has 0 bridgehead atoms. The van der Waals surface area contributed by atoms with Gasteiger partial charge in [-0.05, 0) is 29.8 Å². The summed E-state index contributed by atoms with van der Waals surface area (Å²) in [5.74, 6) is 0.249. The Hall–Kier alpha value is -3.34. The molecule has 0 aliphatic heterocycles. The Morgan fingerprint density at radius 3 is 2.15 bits per heavy atom. The van der Waals surface area contributed by atoms with Crippen LogP contribution in [0, 0.1) is 0 Å². The van der Waals surface area contributed by atoms with E-state index in [4.69, 9.17) is 4.42 Å². The molecule has 0 unspecified atom stereocenters. The summed E-state index contributed by atoms with van der Waals surface area (Å²) >= 11 is 0. The van der Waals surface area contributed by atoms with Gasteiger partial charge in [0, 0.05) is 5.56 Å². The zero-order valence-electron chi connectivity index (χ0n) is 14.0. The monoisotopic (exact) mass is 366 g/mol. The van der Waals surface area contributed by atoms with Crippen molar-refractivity contribution in [2.45, 2.75) is 6.18 Å². The molecule has 134 valence electrons. The SMILES string of the molecule is O=c1c(-c2cccc(C(F)(F)F)c2)c(-c2ccccc2)oc2ccccc12. The van der Waals surface area contributed by atoms with Gasteiger partial charge in [-0.15, -0.1) is 0 Å². The first kappa shape index (κ1) is 17.1. The van der Waals surface area contributed by atoms with E-state index in [1.165, 1.54) is 12.1 Å². The Morgan fingerprint density at radius 1 is 0.741 bits per heavy atom. The number of rotatable bonds is 2. The molecule has 1 aromatic heterocycles. The van der Waals surface area contributed by atoms with Gasteiger partial charge >= 0.3 is 6.18 Å². The molecule has 0 saturated carbocycles. The van der Waals surface area contributed by atoms with Crippen molar-refractivity contribution in [3.05, 3.63) is 94.6 Å². The molecule has 0 aliphatic carbocycles. The topological polar surface area (TPSA) is 30.2 Å². The molecular weight excluding hydrogens is 353 g/mol. The molecule has 0 radical (unpaired) electrons. The maximum absolute atomic E-state index is 13.2. The molecular formula is C22H13F3O2. The van der Waals surface area contributed by atoms with Crippen LogP contribution in [0.5, 0.6) is 0 Å². The Labute approximate surface area is 152 Å². The molecule has 3 aromatic carbocycles. The second-order valence-electron chi connectivity index (χ2n) is 6.08. The van der Waals surface area contributed by atoms with Crippen LogP contribution in [-0.4, -0.2) is 0 Å². The van der Waals surface area contributed by atoms with Gasteiger partial charge in [0.05, 0.1) is 16.5 Å². The average molecular weight is 366 g/mol. The van der Waals surface area contributed by atoms with Gasteiger partial charge < -0.3 is 4.42 Å². The van der Waals surface area contributed by atoms with E-state index in [0.717, 1.165) is 12.1 Å². The summed E-state index contributed by atoms with van der Waals surface area (Å²) in [6.45, 7) is 0. The van der Waals surface area contributed by atoms with Gasteiger partial charge in [0.15, 0.2) is 0 Å². The molecule has 0 fully saturated rings. The first-order valence-corrected chi connectivity index (χ1v) is 8.24. The molecule has 0 spiro atoms. The fraction of sp³-hybridized carbons (Fsp3) is 0.0455. The van der Waals surface area contributed by atoms with E-state index in [9.17, 15) is 18.0 Å². The van der Waals surface area contributed by atoms with Crippen molar-refractivity contribution < 1.29 is 17.6 Å². The van der Waals surface area contributed by atoms with Gasteiger partial charge in [0.25, 0.3) is 0 Å². The van der Waals surface area contributed by atoms with Crippen molar-refractivity contribution >= 4 is 11.0 Å². The fourth-order valence-electron chi connectivity index (χ4n) is 3.05. The van der Waals surface area contributed by atoms with Crippen LogP contribution in [0.3, 0.4) is 0 Å². The second-order valence-corrected chi connectivity index (χ2v) is 6.08. The first-order chi connectivity index (χ1) is 12.9. The van der Waals surface area contributed by atoms with Gasteiger partial charge in [-0.2, -0.15) is 13.2 Å². The third-order valence-electron chi connectivity index (χ3n) is 4.31. The maximum Gasteiger partial charge on any atom is 0.416 e. The summed E-state index contributed by atoms with van der Waals surface area (Å²) in [7, 11) is 0. The molecule has 0 N–H and O–H groups in total. The van der Waals surface area contributed by atoms with E-state index in [1.54, 1.807) is 48.5 Å². The highest BCUT2D eigenvalue weighted by molar-refractivity contribution is 5.89. The van der Waals surface area contributed by atoms with Crippen molar-refractivity contribution in [2.24, 2.45) is 0 Å². The smallest absolute Gasteiger partial charge is 0.416 e. The molecule has 1 heterocycles. The minimum absolute atomic E-state index is 0.117. The van der Waals surface area contributed by atoms with E-state index in [1.807, 2.05) is 6.07 Å². The molecule has 4 rings (SSSR count). The highest BCUT2D eigenvalue weighted by atomic mass is 19.4. The molecule has 0 amide bonds. The van der Waals surface area contributed by atoms with E-state index in [2.05, 4.69) is 0 Å². The van der Waals surface area contributed by atoms with Gasteiger partial charge in [-0.25, -0.2) is 0 Å². The normalized spacial score (nSPS) is 11.7. The number of alkyl halides is 3. The van der Waals surface area contributed by atoms with E-state index < -0.39 is 11.7 Å². The number of halogens is 3. The Kier molecular flexibility index (Phi) is 4.07. The summed E-state index contributed by atoms with van der Waals surface area (Å²) in [5.41, 5.74) is 0.112. The van der Waals surface area contributed by atoms with Crippen LogP contribution < -0.4 is 5.43 Å². The highest BCUT2D eigenvalue weighted by Gasteiger charge is 2.31. The summed E-state index contributed by atoms with van der Waals surface area (Å²) in [6.07, 6.45) is -4.50. The summed E-state index contributed by atoms with van der Waals surface area (Å²) in [6, 6.07) is 20.3. The molecule has 27 heavy (non-hydrogen) atoms. The number of hydrogen-bond donors (Lipinski definition) is 0. The standard InChI is InChI=1S/C22H13F3O2/c23-22(24,25)16-10-6-9-15(13-16)19-20(26)17-11-4-5-12-18(17)27-21(19)14-7-2-1-3-8-14/h1-13H. The minimum atomic E-state index is -4.50. The molecule has 0 atom stereocenters. The lowest BCUT2D eigenvalue weighted by molar-refractivity contribution is -0.137. The summed E-state index contributed by atoms with van der Waals surface area (Å²) < 4.78 is 45.4. The van der Waals surface area contributed by atoms with Gasteiger partial charge in [-0.1, -0.05) is 54.6 Å². The molecule has 5 heteroatoms. The lowest BCUT2D eigenvalue weighted by Gasteiger charge is -2.12. The van der Waals surface area contributed by atoms with Gasteiger partial charge in [0.2, 0.25) is 5.43 Å². The molecule has 4 aromatic rings. The van der Waals surface area contributed by atoms with Crippen LogP contribution in [0.1, 0.15) is 5.56 Å². The number of para-hydroxylation sites is 1. The number of hydrogen-bond acceptors (Lipinski definition) is 2. The third-order valence-corrected chi connectivity index (χ3v) is 4.31. The van der Waals surface area contributed by atoms with Crippen LogP contribution in [0.25, 0.3) is 33.4 Å². The molecule has 0 saturated heterocycles. The Bertz CT molecular complexity index is 1180. The van der Waals surface area contributed by atoms with E-state index >= 15 is 0 Å². The second kappa shape index (κ2) is 6.43. The lowest BCUT2D eigenvalue weighted by atomic mass is 9.97. The van der Waals surface area contributed by atoms with Crippen molar-refractivity contribution in [3.8, 4) is 22.5 Å². The van der Waals surface area contributed by atoms with Crippen molar-refractivity contribution in [1.29, 1.82) is 0 Å². The lowest BCUT2D eigenvalue weighted by Crippen LogP contribution is -2.09. The zero-order chi connectivity index (χ0) is 19.0. The zero-order valence-corrected chi connectivity index (χ0v) is 14.0. The Balaban J connectivity index is 2.08. The maximum atomic E-state index is 13.2. The predicted molar refractivity (Wildman–Crippen MR) is 98.4 cm³/mol. The van der Waals surface area contributed by atoms with Crippen LogP contribution in [0.15, 0.2) is 88.1 Å². The van der Waals surface area contributed by atoms with Crippen molar-refractivity contribution in [1.82, 2.24) is 0 Å². The Morgan fingerprint density at radius 2 is 1.41 bits per heavy atom. The molecule has 0 aliphatic rings. The van der Waals surface area contributed by atoms with Gasteiger partial charge in [-0.3, -0.25) is 4.79 Å². The largest absolute Gasteiger partial charge is 0.455 e. The third kappa shape index (κ3) is 3.12. The predicted octanol–water partition coefficient (Wildman–Crippen LogP) is 6.15. The first-order valence-electron chi connectivity index (χ1n) is 8.24. The van der Waals surface area contributed by atoms with Gasteiger partial charge in [0.1, 0.15) is 11.3 Å². The van der Waals surface area contributed by atoms with Crippen LogP contribution in [0.2, 0.25) is 0 Å². The quantitative estimate of drug-likeness (QED) is 0.426. The van der Waals surface area contributed by atoms with Crippen molar-refractivity contribution in [2.75, 3.05) is 0 Å².